The molecule has 2 amide bonds. The second-order valence-corrected chi connectivity index (χ2v) is 16.2. The molecule has 3 heterocycles. The van der Waals surface area contributed by atoms with Gasteiger partial charge in [0, 0.05) is 36.8 Å². The van der Waals surface area contributed by atoms with Crippen molar-refractivity contribution < 1.29 is 23.9 Å². The predicted octanol–water partition coefficient (Wildman–Crippen LogP) is 6.08. The number of hydrogen-bond acceptors (Lipinski definition) is 10. The van der Waals surface area contributed by atoms with E-state index in [4.69, 9.17) is 9.47 Å². The summed E-state index contributed by atoms with van der Waals surface area (Å²) in [7, 11) is 0. The molecule has 13 heteroatoms. The van der Waals surface area contributed by atoms with E-state index >= 15 is 0 Å². The molecule has 13 nitrogen and oxygen atoms in total. The molecule has 0 radical (unpaired) electrons. The first-order chi connectivity index (χ1) is 25.2. The first kappa shape index (κ1) is 39.7. The van der Waals surface area contributed by atoms with Crippen molar-refractivity contribution in [2.75, 3.05) is 25.0 Å². The number of alkyl carbamates (subject to hydrolysis) is 1. The number of ketones is 1. The largest absolute Gasteiger partial charge is 0.492 e. The molecule has 1 aliphatic heterocycles. The number of ether oxygens (including phenoxy) is 2. The molecule has 53 heavy (non-hydrogen) atoms. The predicted molar refractivity (Wildman–Crippen MR) is 204 cm³/mol. The molecule has 2 aromatic heterocycles. The summed E-state index contributed by atoms with van der Waals surface area (Å²) in [5.74, 6) is 1.21. The van der Waals surface area contributed by atoms with Crippen LogP contribution in [0, 0.1) is 23.2 Å². The summed E-state index contributed by atoms with van der Waals surface area (Å²) >= 11 is 0. The second-order valence-electron chi connectivity index (χ2n) is 16.2. The number of aryl methyl sites for hydroxylation is 1. The Hall–Kier alpha value is -4.55. The number of rotatable bonds is 17. The summed E-state index contributed by atoms with van der Waals surface area (Å²) in [5, 5.41) is 5.98. The van der Waals surface area contributed by atoms with E-state index in [9.17, 15) is 19.2 Å². The fraction of sp³-hybridized carbons (Fsp3) is 0.625. The molecule has 1 aromatic carbocycles. The van der Waals surface area contributed by atoms with E-state index in [1.807, 2.05) is 53.7 Å². The Morgan fingerprint density at radius 3 is 2.57 bits per heavy atom. The van der Waals surface area contributed by atoms with E-state index in [0.717, 1.165) is 44.9 Å². The van der Waals surface area contributed by atoms with Crippen LogP contribution in [-0.2, 0) is 20.7 Å². The zero-order valence-corrected chi connectivity index (χ0v) is 32.4. The van der Waals surface area contributed by atoms with Crippen LogP contribution in [-0.4, -0.2) is 80.0 Å². The van der Waals surface area contributed by atoms with Crippen molar-refractivity contribution in [2.45, 2.75) is 118 Å². The third kappa shape index (κ3) is 10.1. The molecule has 0 spiro atoms. The minimum atomic E-state index is -0.820. The van der Waals surface area contributed by atoms with Crippen LogP contribution in [0.4, 0.5) is 10.7 Å². The Bertz CT molecular complexity index is 1790. The van der Waals surface area contributed by atoms with E-state index in [1.54, 1.807) is 29.4 Å². The number of carbonyl (C=O) groups excluding carboxylic acids is 3. The van der Waals surface area contributed by atoms with Crippen molar-refractivity contribution in [2.24, 2.45) is 23.2 Å². The van der Waals surface area contributed by atoms with Gasteiger partial charge >= 0.3 is 6.09 Å². The van der Waals surface area contributed by atoms with Gasteiger partial charge in [0.05, 0.1) is 23.6 Å². The minimum absolute atomic E-state index is 0.0761. The molecule has 5 atom stereocenters. The number of amides is 2. The Morgan fingerprint density at radius 2 is 1.87 bits per heavy atom. The number of hydrogen-bond donors (Lipinski definition) is 3. The van der Waals surface area contributed by atoms with Gasteiger partial charge in [-0.2, -0.15) is 0 Å². The number of aromatic nitrogens is 4. The lowest BCUT2D eigenvalue weighted by molar-refractivity contribution is -0.143. The Balaban J connectivity index is 1.05. The number of benzene rings is 1. The van der Waals surface area contributed by atoms with E-state index < -0.39 is 29.2 Å². The van der Waals surface area contributed by atoms with E-state index in [1.165, 1.54) is 0 Å². The number of H-pyrrole nitrogens is 1. The van der Waals surface area contributed by atoms with Gasteiger partial charge in [0.1, 0.15) is 29.7 Å². The quantitative estimate of drug-likeness (QED) is 0.138. The highest BCUT2D eigenvalue weighted by atomic mass is 16.6. The summed E-state index contributed by atoms with van der Waals surface area (Å²) in [4.78, 5) is 70.6. The molecule has 1 saturated carbocycles. The lowest BCUT2D eigenvalue weighted by Gasteiger charge is -2.36. The van der Waals surface area contributed by atoms with Crippen LogP contribution in [0.15, 0.2) is 41.5 Å². The van der Waals surface area contributed by atoms with Crippen molar-refractivity contribution >= 4 is 34.8 Å². The summed E-state index contributed by atoms with van der Waals surface area (Å²) < 4.78 is 11.7. The van der Waals surface area contributed by atoms with E-state index in [2.05, 4.69) is 37.5 Å². The number of nitrogens with one attached hydrogen (secondary N) is 3. The first-order valence-corrected chi connectivity index (χ1v) is 19.2. The van der Waals surface area contributed by atoms with Crippen molar-refractivity contribution in [1.29, 1.82) is 0 Å². The van der Waals surface area contributed by atoms with Crippen LogP contribution in [0.25, 0.3) is 11.0 Å². The average Bonchev–Trinajstić information content (AvgIpc) is 3.54. The third-order valence-corrected chi connectivity index (χ3v) is 10.7. The molecule has 3 aromatic rings. The summed E-state index contributed by atoms with van der Waals surface area (Å²) in [6.07, 6.45) is 9.24. The molecule has 5 unspecified atom stereocenters. The topological polar surface area (TPSA) is 168 Å². The molecule has 1 saturated heterocycles. The number of Topliss-reactive ketones (excluding diaryl/α,β-unsaturated/α-hetero) is 1. The van der Waals surface area contributed by atoms with Crippen molar-refractivity contribution in [3.8, 4) is 5.75 Å². The first-order valence-electron chi connectivity index (χ1n) is 19.2. The maximum atomic E-state index is 13.9. The maximum Gasteiger partial charge on any atom is 0.408 e. The molecule has 5 rings (SSSR count). The smallest absolute Gasteiger partial charge is 0.408 e. The number of carbonyl (C=O) groups is 3. The second kappa shape index (κ2) is 17.1. The number of unbranched alkanes of at least 4 members (excludes halogenated alkanes) is 2. The maximum absolute atomic E-state index is 13.9. The summed E-state index contributed by atoms with van der Waals surface area (Å²) in [5.41, 5.74) is 0.478. The van der Waals surface area contributed by atoms with Crippen molar-refractivity contribution in [3.63, 3.8) is 0 Å². The number of aromatic amines is 1. The van der Waals surface area contributed by atoms with Gasteiger partial charge in [-0.3, -0.25) is 14.4 Å². The highest BCUT2D eigenvalue weighted by molar-refractivity contribution is 5.94. The summed E-state index contributed by atoms with van der Waals surface area (Å²) in [6, 6.07) is 5.94. The van der Waals surface area contributed by atoms with Crippen LogP contribution in [0.5, 0.6) is 5.75 Å². The zero-order chi connectivity index (χ0) is 38.3. The van der Waals surface area contributed by atoms with E-state index in [-0.39, 0.29) is 35.0 Å². The normalized spacial score (nSPS) is 21.7. The molecule has 2 fully saturated rings. The summed E-state index contributed by atoms with van der Waals surface area (Å²) in [6.45, 7) is 14.9. The number of nitrogens with zero attached hydrogens (tertiary/aromatic N) is 4. The number of likely N-dealkylation sites (tertiary alicyclic amines) is 1. The zero-order valence-electron chi connectivity index (χ0n) is 32.4. The van der Waals surface area contributed by atoms with Gasteiger partial charge < -0.3 is 30.0 Å². The highest BCUT2D eigenvalue weighted by Crippen LogP contribution is 2.49. The van der Waals surface area contributed by atoms with Gasteiger partial charge in [-0.05, 0) is 68.6 Å². The highest BCUT2D eigenvalue weighted by Gasteiger charge is 2.54. The SMILES string of the molecule is CCC1CCN(C(=O)C(NC(=O)OC2(C)CC2CCCCCc2nc3ccc(OCCNc4ncccn4)cc3[nH]c2=O)C(C)(C)C)C1C(=O)C(C)C. The lowest BCUT2D eigenvalue weighted by Crippen LogP contribution is -2.58. The van der Waals surface area contributed by atoms with Crippen LogP contribution < -0.4 is 20.9 Å². The molecule has 1 aliphatic carbocycles. The minimum Gasteiger partial charge on any atom is -0.492 e. The molecule has 3 N–H and O–H groups in total. The Labute approximate surface area is 312 Å². The Kier molecular flexibility index (Phi) is 12.8. The van der Waals surface area contributed by atoms with Gasteiger partial charge in [0.2, 0.25) is 11.9 Å². The van der Waals surface area contributed by atoms with Crippen molar-refractivity contribution in [3.05, 3.63) is 52.7 Å². The third-order valence-electron chi connectivity index (χ3n) is 10.7. The lowest BCUT2D eigenvalue weighted by atomic mass is 9.84. The fourth-order valence-electron chi connectivity index (χ4n) is 7.34. The van der Waals surface area contributed by atoms with Crippen LogP contribution in [0.2, 0.25) is 0 Å². The molecule has 2 aliphatic rings. The van der Waals surface area contributed by atoms with Gasteiger partial charge in [0.15, 0.2) is 5.78 Å². The average molecular weight is 732 g/mol. The van der Waals surface area contributed by atoms with Crippen molar-refractivity contribution in [1.82, 2.24) is 30.2 Å². The Morgan fingerprint density at radius 1 is 1.11 bits per heavy atom. The molecular formula is C40H57N7O6. The molecule has 288 valence electrons. The van der Waals surface area contributed by atoms with Crippen LogP contribution in [0.1, 0.15) is 99.1 Å². The fourth-order valence-corrected chi connectivity index (χ4v) is 7.34. The monoisotopic (exact) mass is 731 g/mol. The van der Waals surface area contributed by atoms with Gasteiger partial charge in [-0.25, -0.2) is 19.7 Å². The van der Waals surface area contributed by atoms with Crippen LogP contribution in [0.3, 0.4) is 0 Å². The van der Waals surface area contributed by atoms with Gasteiger partial charge in [-0.1, -0.05) is 60.8 Å². The molecular weight excluding hydrogens is 674 g/mol. The van der Waals surface area contributed by atoms with Crippen LogP contribution >= 0.6 is 0 Å². The van der Waals surface area contributed by atoms with Gasteiger partial charge in [0.25, 0.3) is 5.56 Å². The molecule has 0 bridgehead atoms. The van der Waals surface area contributed by atoms with Gasteiger partial charge in [-0.15, -0.1) is 0 Å². The van der Waals surface area contributed by atoms with E-state index in [0.29, 0.717) is 54.5 Å². The standard InChI is InChI=1S/C40H57N7O6/c1-8-26-17-21-47(32(26)33(48)25(2)3)36(50)34(39(4,5)6)46-38(51)53-40(7)24-27(40)13-10-9-11-14-30-35(49)45-31-23-28(15-16-29(31)44-30)52-22-20-43-37-41-18-12-19-42-37/h12,15-16,18-19,23,25-27,32,34H,8-11,13-14,17,20-22,24H2,1-7H3,(H,45,49)(H,46,51)(H,41,42,43). The number of fused-ring (bicyclic) bond motifs is 1. The number of anilines is 1.